The summed E-state index contributed by atoms with van der Waals surface area (Å²) in [5.41, 5.74) is 7.28. The van der Waals surface area contributed by atoms with Crippen LogP contribution in [0.1, 0.15) is 32.6 Å². The molecule has 15 nitrogen and oxygen atoms in total. The molecule has 2 aromatic heterocycles. The second-order valence-corrected chi connectivity index (χ2v) is 9.66. The lowest BCUT2D eigenvalue weighted by Crippen LogP contribution is -2.48. The Bertz CT molecular complexity index is 1470. The van der Waals surface area contributed by atoms with E-state index in [-0.39, 0.29) is 34.8 Å². The van der Waals surface area contributed by atoms with E-state index in [1.54, 1.807) is 38.1 Å². The molecule has 1 aliphatic heterocycles. The molecule has 1 fully saturated rings. The van der Waals surface area contributed by atoms with Gasteiger partial charge in [-0.15, -0.1) is 0 Å². The fourth-order valence-electron chi connectivity index (χ4n) is 4.04. The zero-order valence-corrected chi connectivity index (χ0v) is 23.6. The van der Waals surface area contributed by atoms with Crippen LogP contribution in [0.25, 0.3) is 11.2 Å². The number of hydrogen-bond acceptors (Lipinski definition) is 14. The summed E-state index contributed by atoms with van der Waals surface area (Å²) in [6.07, 6.45) is -3.45. The van der Waals surface area contributed by atoms with E-state index in [9.17, 15) is 19.6 Å². The van der Waals surface area contributed by atoms with Gasteiger partial charge in [-0.1, -0.05) is 24.0 Å². The van der Waals surface area contributed by atoms with Crippen molar-refractivity contribution in [3.8, 4) is 23.5 Å². The van der Waals surface area contributed by atoms with Crippen molar-refractivity contribution in [2.24, 2.45) is 0 Å². The summed E-state index contributed by atoms with van der Waals surface area (Å²) in [5, 5.41) is 22.4. The Morgan fingerprint density at radius 2 is 2.05 bits per heavy atom. The summed E-state index contributed by atoms with van der Waals surface area (Å²) in [6.45, 7) is 4.50. The number of esters is 1. The zero-order chi connectivity index (χ0) is 29.7. The average Bonchev–Trinajstić information content (AvgIpc) is 3.46. The smallest absolute Gasteiger partial charge is 0.479 e. The molecule has 3 heterocycles. The number of rotatable bonds is 10. The number of carbonyl (C=O) groups is 1. The number of aliphatic hydroxyl groups excluding tert-OH is 2. The predicted octanol–water partition coefficient (Wildman–Crippen LogP) is 0.637. The van der Waals surface area contributed by atoms with Crippen LogP contribution in [0.15, 0.2) is 30.6 Å². The highest BCUT2D eigenvalue weighted by atomic mass is 31.1. The summed E-state index contributed by atoms with van der Waals surface area (Å²) < 4.78 is 34.2. The van der Waals surface area contributed by atoms with Crippen molar-refractivity contribution in [3.05, 3.63) is 36.2 Å². The molecule has 16 heteroatoms. The number of methoxy groups -OCH3 is 1. The van der Waals surface area contributed by atoms with E-state index in [0.717, 1.165) is 0 Å². The molecule has 0 aliphatic carbocycles. The van der Waals surface area contributed by atoms with E-state index in [1.165, 1.54) is 24.9 Å². The van der Waals surface area contributed by atoms with Crippen molar-refractivity contribution in [2.75, 3.05) is 19.5 Å². The number of aliphatic hydroxyl groups is 2. The zero-order valence-electron chi connectivity index (χ0n) is 22.6. The van der Waals surface area contributed by atoms with Gasteiger partial charge in [-0.2, -0.15) is 15.4 Å². The van der Waals surface area contributed by atoms with Crippen molar-refractivity contribution < 1.29 is 43.1 Å². The van der Waals surface area contributed by atoms with Crippen LogP contribution < -0.4 is 20.5 Å². The molecule has 0 saturated carbocycles. The van der Waals surface area contributed by atoms with E-state index in [1.807, 2.05) is 0 Å². The molecule has 41 heavy (non-hydrogen) atoms. The number of hydrogen-bond donors (Lipinski definition) is 4. The van der Waals surface area contributed by atoms with E-state index in [4.69, 9.17) is 29.3 Å². The summed E-state index contributed by atoms with van der Waals surface area (Å²) in [5.74, 6) is 5.36. The average molecular weight is 590 g/mol. The number of imidazole rings is 1. The summed E-state index contributed by atoms with van der Waals surface area (Å²) >= 11 is 0. The molecule has 0 spiro atoms. The van der Waals surface area contributed by atoms with Gasteiger partial charge in [-0.3, -0.25) is 18.7 Å². The van der Waals surface area contributed by atoms with Gasteiger partial charge < -0.3 is 30.2 Å². The quantitative estimate of drug-likeness (QED) is 0.111. The molecular weight excluding hydrogens is 559 g/mol. The van der Waals surface area contributed by atoms with Gasteiger partial charge in [0.2, 0.25) is 17.6 Å². The topological polar surface area (TPSA) is 202 Å². The maximum absolute atomic E-state index is 12.2. The van der Waals surface area contributed by atoms with Crippen LogP contribution in [0.2, 0.25) is 0 Å². The van der Waals surface area contributed by atoms with Crippen LogP contribution in [0.4, 0.5) is 5.95 Å². The van der Waals surface area contributed by atoms with Crippen LogP contribution in [-0.4, -0.2) is 79.4 Å². The lowest BCUT2D eigenvalue weighted by molar-refractivity contribution is -0.159. The van der Waals surface area contributed by atoms with E-state index >= 15 is 0 Å². The number of hydroxylamine groups is 1. The van der Waals surface area contributed by atoms with Crippen LogP contribution in [-0.2, 0) is 23.7 Å². The van der Waals surface area contributed by atoms with Crippen molar-refractivity contribution in [2.45, 2.75) is 57.0 Å². The van der Waals surface area contributed by atoms with Gasteiger partial charge >= 0.3 is 14.7 Å². The highest BCUT2D eigenvalue weighted by molar-refractivity contribution is 7.17. The first-order valence-electron chi connectivity index (χ1n) is 12.4. The standard InChI is InChI=1S/C25H30N6O9P/c1-13(2)38-23(34)14(3)30-37-11-25(10-9-15-7-5-6-8-16(15)40-41-35)19(33)18(32)22(39-25)31-12-27-17-20(31)28-24(26)29-21(17)36-4/h5-8,12-14,18-19,22,30,32-33,41H,11H2,1-4H3,(H2,26,28,29)/q+1/t14-,18?,19?,22+,25+/m0/s1. The van der Waals surface area contributed by atoms with E-state index < -0.39 is 51.3 Å². The van der Waals surface area contributed by atoms with Crippen molar-refractivity contribution >= 4 is 31.8 Å². The van der Waals surface area contributed by atoms with Gasteiger partial charge in [0.25, 0.3) is 0 Å². The number of fused-ring (bicyclic) bond motifs is 1. The Balaban J connectivity index is 1.70. The molecular formula is C25H30N6O9P+. The highest BCUT2D eigenvalue weighted by Gasteiger charge is 2.55. The Morgan fingerprint density at radius 1 is 1.29 bits per heavy atom. The monoisotopic (exact) mass is 589 g/mol. The maximum atomic E-state index is 12.2. The van der Waals surface area contributed by atoms with Crippen LogP contribution in [0, 0.1) is 11.8 Å². The fraction of sp³-hybridized carbons (Fsp3) is 0.440. The summed E-state index contributed by atoms with van der Waals surface area (Å²) in [4.78, 5) is 30.2. The third kappa shape index (κ3) is 6.38. The number of aromatic nitrogens is 4. The van der Waals surface area contributed by atoms with E-state index in [0.29, 0.717) is 5.56 Å². The first-order valence-corrected chi connectivity index (χ1v) is 13.2. The van der Waals surface area contributed by atoms with Gasteiger partial charge in [0.15, 0.2) is 23.0 Å². The number of nitrogens with one attached hydrogen (secondary N) is 1. The Hall–Kier alpha value is -3.90. The first kappa shape index (κ1) is 30.1. The number of anilines is 1. The Morgan fingerprint density at radius 3 is 2.76 bits per heavy atom. The second kappa shape index (κ2) is 12.7. The van der Waals surface area contributed by atoms with Gasteiger partial charge in [-0.25, -0.2) is 4.98 Å². The van der Waals surface area contributed by atoms with Crippen LogP contribution in [0.5, 0.6) is 11.6 Å². The van der Waals surface area contributed by atoms with Crippen LogP contribution in [0.3, 0.4) is 0 Å². The molecule has 0 radical (unpaired) electrons. The number of carbonyl (C=O) groups excluding carboxylic acids is 1. The number of para-hydroxylation sites is 1. The minimum Gasteiger partial charge on any atom is -0.479 e. The third-order valence-electron chi connectivity index (χ3n) is 6.00. The summed E-state index contributed by atoms with van der Waals surface area (Å²) in [7, 11) is 0.320. The molecule has 1 aliphatic rings. The van der Waals surface area contributed by atoms with Crippen LogP contribution >= 0.6 is 8.69 Å². The molecule has 5 N–H and O–H groups in total. The van der Waals surface area contributed by atoms with Gasteiger partial charge in [0.1, 0.15) is 24.9 Å². The van der Waals surface area contributed by atoms with Crippen molar-refractivity contribution in [1.82, 2.24) is 25.0 Å². The molecule has 4 rings (SSSR count). The molecule has 3 unspecified atom stereocenters. The lowest BCUT2D eigenvalue weighted by Gasteiger charge is -2.27. The molecule has 3 aromatic rings. The largest absolute Gasteiger partial charge is 0.542 e. The fourth-order valence-corrected chi connectivity index (χ4v) is 4.30. The lowest BCUT2D eigenvalue weighted by atomic mass is 9.96. The number of nitrogen functional groups attached to an aromatic ring is 1. The molecule has 1 saturated heterocycles. The highest BCUT2D eigenvalue weighted by Crippen LogP contribution is 2.39. The molecule has 1 aromatic carbocycles. The number of benzene rings is 1. The Labute approximate surface area is 236 Å². The third-order valence-corrected chi connectivity index (χ3v) is 6.30. The van der Waals surface area contributed by atoms with Gasteiger partial charge in [0, 0.05) is 0 Å². The Kier molecular flexibility index (Phi) is 9.34. The molecule has 0 bridgehead atoms. The number of ether oxygens (including phenoxy) is 3. The number of nitrogens with two attached hydrogens (primary N) is 1. The minimum absolute atomic E-state index is 0.107. The van der Waals surface area contributed by atoms with Crippen molar-refractivity contribution in [1.29, 1.82) is 0 Å². The molecule has 0 amide bonds. The first-order chi connectivity index (χ1) is 19.6. The predicted molar refractivity (Wildman–Crippen MR) is 144 cm³/mol. The normalized spacial score (nSPS) is 22.9. The minimum atomic E-state index is -1.86. The number of nitrogens with zero attached hydrogens (tertiary/aromatic N) is 4. The maximum Gasteiger partial charge on any atom is 0.542 e. The SMILES string of the molecule is COc1nc(N)nc2c1ncn2[C@@H]1O[C@](C#Cc2ccccc2O[PH+]=O)(CON[C@@H](C)C(=O)OC(C)C)C(O)C1O. The molecule has 218 valence electrons. The summed E-state index contributed by atoms with van der Waals surface area (Å²) in [6, 6.07) is 5.67. The second-order valence-electron chi connectivity index (χ2n) is 9.29. The van der Waals surface area contributed by atoms with Gasteiger partial charge in [-0.05, 0) is 37.5 Å². The van der Waals surface area contributed by atoms with E-state index in [2.05, 4.69) is 32.3 Å². The van der Waals surface area contributed by atoms with Gasteiger partial charge in [0.05, 0.1) is 25.1 Å². The molecule has 6 atom stereocenters. The van der Waals surface area contributed by atoms with Crippen molar-refractivity contribution in [3.63, 3.8) is 0 Å².